The van der Waals surface area contributed by atoms with Gasteiger partial charge in [-0.2, -0.15) is 0 Å². The Bertz CT molecular complexity index is 1140. The molecule has 5 rings (SSSR count). The Morgan fingerprint density at radius 3 is 2.55 bits per heavy atom. The van der Waals surface area contributed by atoms with E-state index in [9.17, 15) is 9.59 Å². The summed E-state index contributed by atoms with van der Waals surface area (Å²) in [4.78, 5) is 44.4. The van der Waals surface area contributed by atoms with E-state index in [2.05, 4.69) is 26.8 Å². The van der Waals surface area contributed by atoms with Gasteiger partial charge in [-0.25, -0.2) is 4.98 Å². The highest BCUT2D eigenvalue weighted by Crippen LogP contribution is 2.41. The van der Waals surface area contributed by atoms with Gasteiger partial charge in [-0.05, 0) is 40.3 Å². The van der Waals surface area contributed by atoms with Gasteiger partial charge in [0.15, 0.2) is 11.6 Å². The number of nitrogens with one attached hydrogen (secondary N) is 1. The zero-order valence-electron chi connectivity index (χ0n) is 19.6. The van der Waals surface area contributed by atoms with Gasteiger partial charge in [-0.15, -0.1) is 0 Å². The summed E-state index contributed by atoms with van der Waals surface area (Å²) in [6.07, 6.45) is 3.28. The second-order valence-corrected chi connectivity index (χ2v) is 9.85. The number of hydrogen-bond acceptors (Lipinski definition) is 6. The molecule has 0 saturated carbocycles. The quantitative estimate of drug-likeness (QED) is 0.765. The summed E-state index contributed by atoms with van der Waals surface area (Å²) < 4.78 is 0. The lowest BCUT2D eigenvalue weighted by atomic mass is 9.73. The van der Waals surface area contributed by atoms with Crippen LogP contribution in [0.3, 0.4) is 0 Å². The van der Waals surface area contributed by atoms with E-state index in [1.54, 1.807) is 6.21 Å². The van der Waals surface area contributed by atoms with Crippen LogP contribution >= 0.6 is 0 Å². The van der Waals surface area contributed by atoms with Gasteiger partial charge in [-0.3, -0.25) is 14.6 Å². The molecule has 1 aromatic carbocycles. The van der Waals surface area contributed by atoms with Gasteiger partial charge in [0.25, 0.3) is 0 Å². The number of aliphatic imine (C=N–C) groups is 1. The molecule has 1 unspecified atom stereocenters. The van der Waals surface area contributed by atoms with Crippen LogP contribution in [0.1, 0.15) is 42.9 Å². The first-order valence-electron chi connectivity index (χ1n) is 11.8. The van der Waals surface area contributed by atoms with Crippen LogP contribution in [-0.2, 0) is 4.79 Å². The lowest BCUT2D eigenvalue weighted by molar-refractivity contribution is -0.119. The molecule has 1 N–H and O–H groups in total. The first kappa shape index (κ1) is 21.9. The Morgan fingerprint density at radius 1 is 1.09 bits per heavy atom. The molecule has 2 aromatic rings. The number of fused-ring (bicyclic) bond motifs is 2. The van der Waals surface area contributed by atoms with E-state index in [0.717, 1.165) is 44.7 Å². The van der Waals surface area contributed by atoms with Crippen LogP contribution in [0.15, 0.2) is 40.9 Å². The largest absolute Gasteiger partial charge is 0.335 e. The molecule has 3 heterocycles. The van der Waals surface area contributed by atoms with Crippen molar-refractivity contribution >= 4 is 23.4 Å². The third-order valence-electron chi connectivity index (χ3n) is 7.09. The molecule has 2 aliphatic heterocycles. The van der Waals surface area contributed by atoms with Crippen molar-refractivity contribution in [1.82, 2.24) is 19.8 Å². The number of aromatic amines is 1. The molecule has 1 aromatic heterocycles. The summed E-state index contributed by atoms with van der Waals surface area (Å²) in [5.41, 5.74) is 2.40. The molecule has 7 nitrogen and oxygen atoms in total. The number of Topliss-reactive ketones (excluding diaryl/α,β-unsaturated/α-hetero) is 2. The van der Waals surface area contributed by atoms with Crippen molar-refractivity contribution in [3.05, 3.63) is 47.3 Å². The smallest absolute Gasteiger partial charge is 0.188 e. The van der Waals surface area contributed by atoms with Crippen LogP contribution < -0.4 is 0 Å². The van der Waals surface area contributed by atoms with Crippen molar-refractivity contribution in [2.75, 3.05) is 39.8 Å². The summed E-state index contributed by atoms with van der Waals surface area (Å²) in [6, 6.07) is 9.75. The molecular formula is C26H31N5O2. The van der Waals surface area contributed by atoms with Crippen molar-refractivity contribution in [3.63, 3.8) is 0 Å². The van der Waals surface area contributed by atoms with Crippen LogP contribution in [0.5, 0.6) is 0 Å². The number of aromatic nitrogens is 2. The topological polar surface area (TPSA) is 81.7 Å². The highest BCUT2D eigenvalue weighted by Gasteiger charge is 2.45. The number of hydrogen-bond donors (Lipinski definition) is 1. The van der Waals surface area contributed by atoms with E-state index in [1.807, 2.05) is 44.2 Å². The predicted octanol–water partition coefficient (Wildman–Crippen LogP) is 3.10. The maximum atomic E-state index is 13.7. The minimum atomic E-state index is -0.856. The Morgan fingerprint density at radius 2 is 1.82 bits per heavy atom. The SMILES string of the molecule is CN1CCN(CCCC2C(=O)c3[nH]c(-c4ccccc4)nc3C3=C2C(=O)C(C)(C)N=C3)CC1. The van der Waals surface area contributed by atoms with Crippen molar-refractivity contribution in [1.29, 1.82) is 0 Å². The van der Waals surface area contributed by atoms with Crippen LogP contribution in [0.25, 0.3) is 17.0 Å². The minimum Gasteiger partial charge on any atom is -0.335 e. The van der Waals surface area contributed by atoms with E-state index in [-0.39, 0.29) is 11.6 Å². The Labute approximate surface area is 194 Å². The summed E-state index contributed by atoms with van der Waals surface area (Å²) in [5, 5.41) is 0. The number of piperazine rings is 1. The monoisotopic (exact) mass is 445 g/mol. The van der Waals surface area contributed by atoms with Gasteiger partial charge < -0.3 is 14.8 Å². The average Bonchev–Trinajstić information content (AvgIpc) is 3.26. The molecular weight excluding hydrogens is 414 g/mol. The van der Waals surface area contributed by atoms with E-state index < -0.39 is 11.5 Å². The second kappa shape index (κ2) is 8.47. The number of dihydropyridines is 1. The number of allylic oxidation sites excluding steroid dienone is 1. The van der Waals surface area contributed by atoms with E-state index in [4.69, 9.17) is 4.98 Å². The molecule has 3 aliphatic rings. The Hall–Kier alpha value is -2.90. The van der Waals surface area contributed by atoms with Crippen LogP contribution in [0, 0.1) is 5.92 Å². The number of carbonyl (C=O) groups excluding carboxylic acids is 2. The van der Waals surface area contributed by atoms with Gasteiger partial charge in [0.05, 0.1) is 5.92 Å². The zero-order chi connectivity index (χ0) is 23.2. The highest BCUT2D eigenvalue weighted by atomic mass is 16.1. The maximum Gasteiger partial charge on any atom is 0.188 e. The van der Waals surface area contributed by atoms with E-state index >= 15 is 0 Å². The van der Waals surface area contributed by atoms with E-state index in [1.165, 1.54) is 0 Å². The first-order chi connectivity index (χ1) is 15.8. The minimum absolute atomic E-state index is 0.0312. The lowest BCUT2D eigenvalue weighted by Crippen LogP contribution is -2.45. The fourth-order valence-electron chi connectivity index (χ4n) is 4.99. The summed E-state index contributed by atoms with van der Waals surface area (Å²) in [6.45, 7) is 8.81. The molecule has 0 amide bonds. The molecule has 1 fully saturated rings. The average molecular weight is 446 g/mol. The van der Waals surface area contributed by atoms with Gasteiger partial charge in [0, 0.05) is 49.1 Å². The molecule has 1 atom stereocenters. The fraction of sp³-hybridized carbons (Fsp3) is 0.462. The van der Waals surface area contributed by atoms with Gasteiger partial charge >= 0.3 is 0 Å². The number of benzene rings is 1. The fourth-order valence-corrected chi connectivity index (χ4v) is 4.99. The molecule has 0 bridgehead atoms. The first-order valence-corrected chi connectivity index (χ1v) is 11.8. The van der Waals surface area contributed by atoms with Crippen molar-refractivity contribution in [2.24, 2.45) is 10.9 Å². The second-order valence-electron chi connectivity index (χ2n) is 9.85. The molecule has 0 radical (unpaired) electrons. The number of likely N-dealkylation sites (N-methyl/N-ethyl adjacent to an activating group) is 1. The standard InChI is InChI=1S/C26H31N5O2/c1-26(2)24(33)20-18(10-7-11-31-14-12-30(3)13-15-31)23(32)22-21(19(20)16-27-26)28-25(29-22)17-8-5-4-6-9-17/h4-6,8-9,16,18H,7,10-15H2,1-3H3,(H,28,29). The Kier molecular flexibility index (Phi) is 5.62. The number of ketones is 2. The number of rotatable bonds is 5. The van der Waals surface area contributed by atoms with Gasteiger partial charge in [0.1, 0.15) is 22.8 Å². The normalized spacial score (nSPS) is 23.1. The van der Waals surface area contributed by atoms with Crippen molar-refractivity contribution in [3.8, 4) is 11.4 Å². The van der Waals surface area contributed by atoms with E-state index in [0.29, 0.717) is 34.8 Å². The number of nitrogens with zero attached hydrogens (tertiary/aromatic N) is 4. The molecule has 172 valence electrons. The van der Waals surface area contributed by atoms with Crippen LogP contribution in [-0.4, -0.2) is 82.9 Å². The van der Waals surface area contributed by atoms with Crippen LogP contribution in [0.4, 0.5) is 0 Å². The molecule has 33 heavy (non-hydrogen) atoms. The number of carbonyl (C=O) groups is 2. The number of H-pyrrole nitrogens is 1. The summed E-state index contributed by atoms with van der Waals surface area (Å²) in [7, 11) is 2.15. The summed E-state index contributed by atoms with van der Waals surface area (Å²) >= 11 is 0. The summed E-state index contributed by atoms with van der Waals surface area (Å²) in [5.74, 6) is 0.0937. The Balaban J connectivity index is 1.46. The highest BCUT2D eigenvalue weighted by molar-refractivity contribution is 6.30. The number of imidazole rings is 1. The predicted molar refractivity (Wildman–Crippen MR) is 130 cm³/mol. The third-order valence-corrected chi connectivity index (χ3v) is 7.09. The molecule has 1 saturated heterocycles. The van der Waals surface area contributed by atoms with Crippen molar-refractivity contribution < 1.29 is 9.59 Å². The zero-order valence-corrected chi connectivity index (χ0v) is 19.6. The van der Waals surface area contributed by atoms with Crippen LogP contribution in [0.2, 0.25) is 0 Å². The lowest BCUT2D eigenvalue weighted by Gasteiger charge is -2.34. The molecule has 7 heteroatoms. The van der Waals surface area contributed by atoms with Gasteiger partial charge in [0.2, 0.25) is 0 Å². The maximum absolute atomic E-state index is 13.7. The molecule has 0 spiro atoms. The molecule has 1 aliphatic carbocycles. The van der Waals surface area contributed by atoms with Gasteiger partial charge in [-0.1, -0.05) is 30.3 Å². The third kappa shape index (κ3) is 4.00. The van der Waals surface area contributed by atoms with Crippen molar-refractivity contribution in [2.45, 2.75) is 32.2 Å².